The lowest BCUT2D eigenvalue weighted by Crippen LogP contribution is -2.37. The SMILES string of the molecule is CC(C)Cc1ccc(CN(C)C2CCCC2CN)cc1. The van der Waals surface area contributed by atoms with Crippen molar-refractivity contribution in [3.8, 4) is 0 Å². The Morgan fingerprint density at radius 2 is 1.80 bits per heavy atom. The van der Waals surface area contributed by atoms with Gasteiger partial charge in [0.2, 0.25) is 0 Å². The smallest absolute Gasteiger partial charge is 0.0233 e. The van der Waals surface area contributed by atoms with Crippen LogP contribution >= 0.6 is 0 Å². The van der Waals surface area contributed by atoms with Gasteiger partial charge in [0.15, 0.2) is 0 Å². The van der Waals surface area contributed by atoms with E-state index in [1.165, 1.54) is 36.8 Å². The molecule has 0 spiro atoms. The zero-order chi connectivity index (χ0) is 14.5. The van der Waals surface area contributed by atoms with E-state index in [1.54, 1.807) is 0 Å². The van der Waals surface area contributed by atoms with Crippen LogP contribution in [0.1, 0.15) is 44.2 Å². The Labute approximate surface area is 124 Å². The van der Waals surface area contributed by atoms with Gasteiger partial charge in [0.05, 0.1) is 0 Å². The van der Waals surface area contributed by atoms with Crippen LogP contribution < -0.4 is 5.73 Å². The second kappa shape index (κ2) is 7.24. The Morgan fingerprint density at radius 1 is 1.15 bits per heavy atom. The molecular weight excluding hydrogens is 244 g/mol. The van der Waals surface area contributed by atoms with E-state index in [2.05, 4.69) is 50.1 Å². The Bertz CT molecular complexity index is 396. The summed E-state index contributed by atoms with van der Waals surface area (Å²) in [5, 5.41) is 0. The van der Waals surface area contributed by atoms with Gasteiger partial charge in [-0.2, -0.15) is 0 Å². The molecule has 2 rings (SSSR count). The maximum absolute atomic E-state index is 5.89. The van der Waals surface area contributed by atoms with Crippen LogP contribution in [0.5, 0.6) is 0 Å². The summed E-state index contributed by atoms with van der Waals surface area (Å²) >= 11 is 0. The average Bonchev–Trinajstić information content (AvgIpc) is 2.89. The van der Waals surface area contributed by atoms with Crippen LogP contribution in [0.3, 0.4) is 0 Å². The van der Waals surface area contributed by atoms with Crippen molar-refractivity contribution < 1.29 is 0 Å². The lowest BCUT2D eigenvalue weighted by molar-refractivity contribution is 0.193. The van der Waals surface area contributed by atoms with Crippen LogP contribution in [0.2, 0.25) is 0 Å². The fourth-order valence-electron chi connectivity index (χ4n) is 3.53. The lowest BCUT2D eigenvalue weighted by atomic mass is 10.0. The molecule has 1 aromatic carbocycles. The Balaban J connectivity index is 1.92. The first-order valence-electron chi connectivity index (χ1n) is 8.08. The molecule has 1 aliphatic rings. The predicted molar refractivity (Wildman–Crippen MR) is 86.6 cm³/mol. The zero-order valence-electron chi connectivity index (χ0n) is 13.3. The fourth-order valence-corrected chi connectivity index (χ4v) is 3.53. The maximum Gasteiger partial charge on any atom is 0.0233 e. The van der Waals surface area contributed by atoms with Gasteiger partial charge in [0, 0.05) is 12.6 Å². The van der Waals surface area contributed by atoms with E-state index in [1.807, 2.05) is 0 Å². The largest absolute Gasteiger partial charge is 0.330 e. The minimum atomic E-state index is 0.676. The van der Waals surface area contributed by atoms with E-state index in [4.69, 9.17) is 5.73 Å². The summed E-state index contributed by atoms with van der Waals surface area (Å²) in [6.45, 7) is 6.43. The van der Waals surface area contributed by atoms with E-state index in [9.17, 15) is 0 Å². The molecule has 2 heteroatoms. The van der Waals surface area contributed by atoms with Gasteiger partial charge in [-0.05, 0) is 55.8 Å². The van der Waals surface area contributed by atoms with Crippen molar-refractivity contribution in [2.75, 3.05) is 13.6 Å². The molecule has 1 aliphatic carbocycles. The standard InChI is InChI=1S/C18H30N2/c1-14(2)11-15-7-9-16(10-8-15)13-20(3)18-6-4-5-17(18)12-19/h7-10,14,17-18H,4-6,11-13,19H2,1-3H3. The van der Waals surface area contributed by atoms with Crippen LogP contribution in [-0.2, 0) is 13.0 Å². The van der Waals surface area contributed by atoms with Crippen molar-refractivity contribution in [2.24, 2.45) is 17.6 Å². The molecule has 20 heavy (non-hydrogen) atoms. The monoisotopic (exact) mass is 274 g/mol. The van der Waals surface area contributed by atoms with Gasteiger partial charge in [0.25, 0.3) is 0 Å². The van der Waals surface area contributed by atoms with E-state index in [0.29, 0.717) is 12.0 Å². The summed E-state index contributed by atoms with van der Waals surface area (Å²) < 4.78 is 0. The average molecular weight is 274 g/mol. The van der Waals surface area contributed by atoms with Gasteiger partial charge in [-0.3, -0.25) is 4.90 Å². The lowest BCUT2D eigenvalue weighted by Gasteiger charge is -2.29. The van der Waals surface area contributed by atoms with Crippen molar-refractivity contribution in [3.63, 3.8) is 0 Å². The molecule has 0 saturated heterocycles. The second-order valence-electron chi connectivity index (χ2n) is 6.82. The van der Waals surface area contributed by atoms with Gasteiger partial charge >= 0.3 is 0 Å². The minimum absolute atomic E-state index is 0.676. The summed E-state index contributed by atoms with van der Waals surface area (Å²) in [5.74, 6) is 1.42. The first-order chi connectivity index (χ1) is 9.60. The van der Waals surface area contributed by atoms with Crippen molar-refractivity contribution in [1.82, 2.24) is 4.90 Å². The topological polar surface area (TPSA) is 29.3 Å². The van der Waals surface area contributed by atoms with Gasteiger partial charge in [0.1, 0.15) is 0 Å². The molecule has 2 nitrogen and oxygen atoms in total. The summed E-state index contributed by atoms with van der Waals surface area (Å²) in [5.41, 5.74) is 8.77. The van der Waals surface area contributed by atoms with Crippen molar-refractivity contribution >= 4 is 0 Å². The third-order valence-corrected chi connectivity index (χ3v) is 4.59. The van der Waals surface area contributed by atoms with Gasteiger partial charge < -0.3 is 5.73 Å². The van der Waals surface area contributed by atoms with Crippen LogP contribution in [0.4, 0.5) is 0 Å². The van der Waals surface area contributed by atoms with Gasteiger partial charge in [-0.15, -0.1) is 0 Å². The number of nitrogens with two attached hydrogens (primary N) is 1. The van der Waals surface area contributed by atoms with Crippen molar-refractivity contribution in [3.05, 3.63) is 35.4 Å². The molecule has 0 amide bonds. The van der Waals surface area contributed by atoms with Crippen LogP contribution in [0, 0.1) is 11.8 Å². The molecule has 1 saturated carbocycles. The Kier molecular flexibility index (Phi) is 5.62. The number of benzene rings is 1. The quantitative estimate of drug-likeness (QED) is 0.861. The number of hydrogen-bond acceptors (Lipinski definition) is 2. The molecule has 112 valence electrons. The van der Waals surface area contributed by atoms with E-state index in [-0.39, 0.29) is 0 Å². The fraction of sp³-hybridized carbons (Fsp3) is 0.667. The molecule has 0 aliphatic heterocycles. The summed E-state index contributed by atoms with van der Waals surface area (Å²) in [7, 11) is 2.25. The molecule has 0 heterocycles. The highest BCUT2D eigenvalue weighted by molar-refractivity contribution is 5.23. The van der Waals surface area contributed by atoms with Crippen LogP contribution in [-0.4, -0.2) is 24.5 Å². The Morgan fingerprint density at radius 3 is 2.40 bits per heavy atom. The molecule has 2 N–H and O–H groups in total. The molecule has 2 atom stereocenters. The third kappa shape index (κ3) is 4.07. The predicted octanol–water partition coefficient (Wildman–Crippen LogP) is 3.44. The molecule has 0 bridgehead atoms. The molecule has 0 aromatic heterocycles. The summed E-state index contributed by atoms with van der Waals surface area (Å²) in [6.07, 6.45) is 5.13. The van der Waals surface area contributed by atoms with Crippen LogP contribution in [0.15, 0.2) is 24.3 Å². The molecule has 1 fully saturated rings. The van der Waals surface area contributed by atoms with Gasteiger partial charge in [-0.25, -0.2) is 0 Å². The second-order valence-corrected chi connectivity index (χ2v) is 6.82. The Hall–Kier alpha value is -0.860. The first-order valence-corrected chi connectivity index (χ1v) is 8.08. The molecule has 2 unspecified atom stereocenters. The van der Waals surface area contributed by atoms with Crippen molar-refractivity contribution in [2.45, 2.75) is 52.1 Å². The van der Waals surface area contributed by atoms with Crippen LogP contribution in [0.25, 0.3) is 0 Å². The van der Waals surface area contributed by atoms with E-state index in [0.717, 1.165) is 19.0 Å². The first kappa shape index (κ1) is 15.5. The molecular formula is C18H30N2. The van der Waals surface area contributed by atoms with E-state index >= 15 is 0 Å². The molecule has 1 aromatic rings. The summed E-state index contributed by atoms with van der Waals surface area (Å²) in [4.78, 5) is 2.50. The zero-order valence-corrected chi connectivity index (χ0v) is 13.3. The number of nitrogens with zero attached hydrogens (tertiary/aromatic N) is 1. The highest BCUT2D eigenvalue weighted by Crippen LogP contribution is 2.29. The highest BCUT2D eigenvalue weighted by Gasteiger charge is 2.29. The highest BCUT2D eigenvalue weighted by atomic mass is 15.1. The maximum atomic E-state index is 5.89. The van der Waals surface area contributed by atoms with Crippen molar-refractivity contribution in [1.29, 1.82) is 0 Å². The third-order valence-electron chi connectivity index (χ3n) is 4.59. The van der Waals surface area contributed by atoms with E-state index < -0.39 is 0 Å². The number of rotatable bonds is 6. The summed E-state index contributed by atoms with van der Waals surface area (Å²) in [6, 6.07) is 9.84. The molecule has 0 radical (unpaired) electrons. The normalized spacial score (nSPS) is 22.9. The minimum Gasteiger partial charge on any atom is -0.330 e. The number of hydrogen-bond donors (Lipinski definition) is 1. The van der Waals surface area contributed by atoms with Gasteiger partial charge in [-0.1, -0.05) is 44.5 Å².